The van der Waals surface area contributed by atoms with Gasteiger partial charge in [0, 0.05) is 25.3 Å². The van der Waals surface area contributed by atoms with E-state index in [2.05, 4.69) is 4.90 Å². The monoisotopic (exact) mass is 220 g/mol. The molecular weight excluding hydrogens is 204 g/mol. The van der Waals surface area contributed by atoms with Crippen LogP contribution in [0.1, 0.15) is 11.5 Å². The Balaban J connectivity index is 2.47. The number of anilines is 1. The maximum atomic E-state index is 11.7. The Morgan fingerprint density at radius 3 is 2.88 bits per heavy atom. The Hall–Kier alpha value is -1.55. The van der Waals surface area contributed by atoms with Crippen LogP contribution in [0.15, 0.2) is 24.3 Å². The topological polar surface area (TPSA) is 55.6 Å². The number of esters is 1. The van der Waals surface area contributed by atoms with Crippen LogP contribution in [0, 0.1) is 0 Å². The summed E-state index contributed by atoms with van der Waals surface area (Å²) in [4.78, 5) is 13.8. The van der Waals surface area contributed by atoms with Crippen molar-refractivity contribution in [2.75, 3.05) is 25.6 Å². The zero-order valence-corrected chi connectivity index (χ0v) is 9.51. The zero-order chi connectivity index (χ0) is 11.7. The van der Waals surface area contributed by atoms with E-state index < -0.39 is 0 Å². The first-order valence-corrected chi connectivity index (χ1v) is 5.28. The Morgan fingerprint density at radius 1 is 1.50 bits per heavy atom. The Kier molecular flexibility index (Phi) is 2.83. The van der Waals surface area contributed by atoms with Gasteiger partial charge in [-0.05, 0) is 11.6 Å². The molecule has 1 aliphatic rings. The lowest BCUT2D eigenvalue weighted by Gasteiger charge is -2.36. The molecule has 4 heteroatoms. The van der Waals surface area contributed by atoms with Crippen molar-refractivity contribution < 1.29 is 9.53 Å². The molecule has 2 rings (SSSR count). The summed E-state index contributed by atoms with van der Waals surface area (Å²) >= 11 is 0. The summed E-state index contributed by atoms with van der Waals surface area (Å²) in [5.74, 6) is -0.606. The van der Waals surface area contributed by atoms with Gasteiger partial charge in [-0.3, -0.25) is 4.79 Å². The summed E-state index contributed by atoms with van der Waals surface area (Å²) in [5.41, 5.74) is 8.03. The Bertz CT molecular complexity index is 406. The molecule has 0 saturated heterocycles. The van der Waals surface area contributed by atoms with Crippen LogP contribution in [-0.2, 0) is 9.53 Å². The number of benzene rings is 1. The first kappa shape index (κ1) is 11.0. The largest absolute Gasteiger partial charge is 0.469 e. The van der Waals surface area contributed by atoms with Gasteiger partial charge in [-0.15, -0.1) is 0 Å². The molecule has 2 atom stereocenters. The van der Waals surface area contributed by atoms with Crippen LogP contribution < -0.4 is 10.6 Å². The highest BCUT2D eigenvalue weighted by molar-refractivity contribution is 5.83. The van der Waals surface area contributed by atoms with E-state index in [4.69, 9.17) is 10.5 Å². The second kappa shape index (κ2) is 4.14. The van der Waals surface area contributed by atoms with Crippen molar-refractivity contribution in [2.45, 2.75) is 12.0 Å². The summed E-state index contributed by atoms with van der Waals surface area (Å²) in [6.45, 7) is 0.663. The van der Waals surface area contributed by atoms with Crippen LogP contribution in [-0.4, -0.2) is 32.7 Å². The van der Waals surface area contributed by atoms with Gasteiger partial charge >= 0.3 is 5.97 Å². The van der Waals surface area contributed by atoms with Crippen LogP contribution in [0.3, 0.4) is 0 Å². The summed E-state index contributed by atoms with van der Waals surface area (Å²) in [7, 11) is 3.38. The third-order valence-electron chi connectivity index (χ3n) is 3.05. The van der Waals surface area contributed by atoms with E-state index in [0.717, 1.165) is 11.3 Å². The van der Waals surface area contributed by atoms with E-state index in [0.29, 0.717) is 6.54 Å². The predicted molar refractivity (Wildman–Crippen MR) is 62.4 cm³/mol. The lowest BCUT2D eigenvalue weighted by atomic mass is 9.86. The molecule has 1 aliphatic heterocycles. The van der Waals surface area contributed by atoms with Crippen LogP contribution in [0.25, 0.3) is 0 Å². The van der Waals surface area contributed by atoms with E-state index in [1.165, 1.54) is 7.11 Å². The number of hydrogen-bond donors (Lipinski definition) is 1. The second-order valence-electron chi connectivity index (χ2n) is 4.10. The van der Waals surface area contributed by atoms with E-state index in [1.807, 2.05) is 31.3 Å². The van der Waals surface area contributed by atoms with Gasteiger partial charge in [-0.2, -0.15) is 0 Å². The molecule has 0 amide bonds. The van der Waals surface area contributed by atoms with Crippen molar-refractivity contribution in [1.82, 2.24) is 0 Å². The standard InChI is InChI=1S/C12H16N2O2/c1-14-7-9(13)11(12(15)16-2)8-5-3-4-6-10(8)14/h3-6,9,11H,7,13H2,1-2H3. The lowest BCUT2D eigenvalue weighted by Crippen LogP contribution is -2.47. The number of carbonyl (C=O) groups excluding carboxylic acids is 1. The maximum absolute atomic E-state index is 11.7. The van der Waals surface area contributed by atoms with Gasteiger partial charge in [-0.1, -0.05) is 18.2 Å². The number of nitrogens with zero attached hydrogens (tertiary/aromatic N) is 1. The number of methoxy groups -OCH3 is 1. The minimum atomic E-state index is -0.350. The highest BCUT2D eigenvalue weighted by atomic mass is 16.5. The third-order valence-corrected chi connectivity index (χ3v) is 3.05. The molecule has 2 N–H and O–H groups in total. The van der Waals surface area contributed by atoms with Gasteiger partial charge in [0.15, 0.2) is 0 Å². The first-order valence-electron chi connectivity index (χ1n) is 5.28. The molecule has 1 aromatic carbocycles. The van der Waals surface area contributed by atoms with E-state index in [9.17, 15) is 4.79 Å². The predicted octanol–water partition coefficient (Wildman–Crippen LogP) is 0.720. The number of hydrogen-bond acceptors (Lipinski definition) is 4. The summed E-state index contributed by atoms with van der Waals surface area (Å²) in [6.07, 6.45) is 0. The molecule has 0 radical (unpaired) electrons. The molecule has 0 spiro atoms. The van der Waals surface area contributed by atoms with Gasteiger partial charge in [0.25, 0.3) is 0 Å². The highest BCUT2D eigenvalue weighted by Gasteiger charge is 2.35. The van der Waals surface area contributed by atoms with E-state index in [-0.39, 0.29) is 17.9 Å². The van der Waals surface area contributed by atoms with Crippen molar-refractivity contribution in [3.8, 4) is 0 Å². The van der Waals surface area contributed by atoms with Crippen LogP contribution in [0.2, 0.25) is 0 Å². The molecule has 16 heavy (non-hydrogen) atoms. The average Bonchev–Trinajstić information content (AvgIpc) is 2.28. The minimum Gasteiger partial charge on any atom is -0.469 e. The molecule has 0 bridgehead atoms. The Labute approximate surface area is 95.0 Å². The molecule has 0 fully saturated rings. The number of likely N-dealkylation sites (N-methyl/N-ethyl adjacent to an activating group) is 1. The lowest BCUT2D eigenvalue weighted by molar-refractivity contribution is -0.143. The number of fused-ring (bicyclic) bond motifs is 1. The summed E-state index contributed by atoms with van der Waals surface area (Å²) in [6, 6.07) is 7.59. The fraction of sp³-hybridized carbons (Fsp3) is 0.417. The summed E-state index contributed by atoms with van der Waals surface area (Å²) < 4.78 is 4.81. The number of ether oxygens (including phenoxy) is 1. The van der Waals surface area contributed by atoms with Gasteiger partial charge in [-0.25, -0.2) is 0 Å². The molecular formula is C12H16N2O2. The molecule has 4 nitrogen and oxygen atoms in total. The van der Waals surface area contributed by atoms with E-state index >= 15 is 0 Å². The number of para-hydroxylation sites is 1. The fourth-order valence-electron chi connectivity index (χ4n) is 2.28. The number of nitrogens with two attached hydrogens (primary N) is 1. The smallest absolute Gasteiger partial charge is 0.314 e. The highest BCUT2D eigenvalue weighted by Crippen LogP contribution is 2.34. The third kappa shape index (κ3) is 1.65. The number of carbonyl (C=O) groups is 1. The first-order chi connectivity index (χ1) is 7.65. The van der Waals surface area contributed by atoms with Gasteiger partial charge in [0.05, 0.1) is 7.11 Å². The van der Waals surface area contributed by atoms with Crippen molar-refractivity contribution >= 4 is 11.7 Å². The molecule has 1 heterocycles. The molecule has 0 aromatic heterocycles. The maximum Gasteiger partial charge on any atom is 0.314 e. The van der Waals surface area contributed by atoms with Gasteiger partial charge in [0.2, 0.25) is 0 Å². The van der Waals surface area contributed by atoms with Crippen LogP contribution in [0.5, 0.6) is 0 Å². The molecule has 1 aromatic rings. The SMILES string of the molecule is COC(=O)C1c2ccccc2N(C)CC1N. The van der Waals surface area contributed by atoms with Crippen molar-refractivity contribution in [2.24, 2.45) is 5.73 Å². The molecule has 2 unspecified atom stereocenters. The minimum absolute atomic E-state index is 0.215. The van der Waals surface area contributed by atoms with Gasteiger partial charge < -0.3 is 15.4 Å². The van der Waals surface area contributed by atoms with Crippen molar-refractivity contribution in [3.63, 3.8) is 0 Å². The van der Waals surface area contributed by atoms with Crippen molar-refractivity contribution in [1.29, 1.82) is 0 Å². The quantitative estimate of drug-likeness (QED) is 0.708. The molecule has 0 aliphatic carbocycles. The van der Waals surface area contributed by atoms with Crippen LogP contribution >= 0.6 is 0 Å². The Morgan fingerprint density at radius 2 is 2.19 bits per heavy atom. The number of rotatable bonds is 1. The summed E-state index contributed by atoms with van der Waals surface area (Å²) in [5, 5.41) is 0. The second-order valence-corrected chi connectivity index (χ2v) is 4.10. The zero-order valence-electron chi connectivity index (χ0n) is 9.51. The molecule has 0 saturated carbocycles. The van der Waals surface area contributed by atoms with E-state index in [1.54, 1.807) is 0 Å². The van der Waals surface area contributed by atoms with Gasteiger partial charge in [0.1, 0.15) is 5.92 Å². The van der Waals surface area contributed by atoms with Crippen LogP contribution in [0.4, 0.5) is 5.69 Å². The molecule has 86 valence electrons. The normalized spacial score (nSPS) is 23.8. The van der Waals surface area contributed by atoms with Crippen molar-refractivity contribution in [3.05, 3.63) is 29.8 Å². The fourth-order valence-corrected chi connectivity index (χ4v) is 2.28. The average molecular weight is 220 g/mol.